The van der Waals surface area contributed by atoms with Gasteiger partial charge in [-0.25, -0.2) is 0 Å². The van der Waals surface area contributed by atoms with Crippen LogP contribution in [0.1, 0.15) is 31.6 Å². The smallest absolute Gasteiger partial charge is 0.241 e. The second-order valence-electron chi connectivity index (χ2n) is 6.51. The van der Waals surface area contributed by atoms with Crippen LogP contribution in [-0.2, 0) is 16.1 Å². The molecule has 3 rings (SSSR count). The van der Waals surface area contributed by atoms with Crippen LogP contribution in [0.15, 0.2) is 15.9 Å². The first-order valence-corrected chi connectivity index (χ1v) is 8.97. The summed E-state index contributed by atoms with van der Waals surface area (Å²) >= 11 is 5.11. The fourth-order valence-electron chi connectivity index (χ4n) is 3.79. The molecule has 3 N–H and O–H groups in total. The molecule has 1 aliphatic carbocycles. The molecule has 0 spiro atoms. The minimum absolute atomic E-state index is 0.0560. The molecule has 3 atom stereocenters. The highest BCUT2D eigenvalue weighted by molar-refractivity contribution is 9.10. The van der Waals surface area contributed by atoms with Gasteiger partial charge >= 0.3 is 0 Å². The molecule has 21 heavy (non-hydrogen) atoms. The van der Waals surface area contributed by atoms with Gasteiger partial charge in [0.05, 0.1) is 12.6 Å². The number of rotatable bonds is 3. The highest BCUT2D eigenvalue weighted by Crippen LogP contribution is 2.57. The summed E-state index contributed by atoms with van der Waals surface area (Å²) in [6, 6.07) is 1.99. The number of hydrogen-bond donors (Lipinski definition) is 2. The summed E-state index contributed by atoms with van der Waals surface area (Å²) in [6.45, 7) is 5.38. The normalized spacial score (nSPS) is 33.9. The number of nitrogens with two attached hydrogens (primary N) is 1. The third kappa shape index (κ3) is 2.19. The van der Waals surface area contributed by atoms with E-state index in [0.29, 0.717) is 6.54 Å². The maximum Gasteiger partial charge on any atom is 0.241 e. The van der Waals surface area contributed by atoms with E-state index in [0.717, 1.165) is 28.8 Å². The molecular weight excluding hydrogens is 352 g/mol. The first-order chi connectivity index (χ1) is 9.89. The Kier molecular flexibility index (Phi) is 3.93. The van der Waals surface area contributed by atoms with Crippen molar-refractivity contribution in [2.24, 2.45) is 17.1 Å². The Hall–Kier alpha value is -0.430. The van der Waals surface area contributed by atoms with Crippen molar-refractivity contribution in [2.45, 2.75) is 44.9 Å². The van der Waals surface area contributed by atoms with E-state index in [1.807, 2.05) is 25.3 Å². The SMILES string of the molecule is CC1(C)C2OCCCC2C1(N)C(=O)NCc1sccc1Br. The number of amides is 1. The van der Waals surface area contributed by atoms with Crippen molar-refractivity contribution in [3.63, 3.8) is 0 Å². The zero-order valence-corrected chi connectivity index (χ0v) is 14.7. The highest BCUT2D eigenvalue weighted by atomic mass is 79.9. The molecule has 2 fully saturated rings. The lowest BCUT2D eigenvalue weighted by atomic mass is 9.46. The second-order valence-corrected chi connectivity index (χ2v) is 8.36. The van der Waals surface area contributed by atoms with Crippen LogP contribution < -0.4 is 11.1 Å². The van der Waals surface area contributed by atoms with E-state index in [2.05, 4.69) is 21.2 Å². The van der Waals surface area contributed by atoms with Crippen molar-refractivity contribution in [1.29, 1.82) is 0 Å². The Labute approximate surface area is 137 Å². The van der Waals surface area contributed by atoms with Crippen LogP contribution in [-0.4, -0.2) is 24.2 Å². The molecule has 1 aromatic rings. The Bertz CT molecular complexity index is 560. The van der Waals surface area contributed by atoms with Crippen molar-refractivity contribution in [1.82, 2.24) is 5.32 Å². The number of hydrogen-bond acceptors (Lipinski definition) is 4. The first-order valence-electron chi connectivity index (χ1n) is 7.29. The van der Waals surface area contributed by atoms with Gasteiger partial charge in [0.1, 0.15) is 5.54 Å². The van der Waals surface area contributed by atoms with Gasteiger partial charge in [-0.3, -0.25) is 4.79 Å². The number of nitrogens with one attached hydrogen (secondary N) is 1. The van der Waals surface area contributed by atoms with E-state index in [9.17, 15) is 4.79 Å². The number of carbonyl (C=O) groups excluding carboxylic acids is 1. The van der Waals surface area contributed by atoms with E-state index < -0.39 is 5.54 Å². The molecule has 1 aliphatic heterocycles. The van der Waals surface area contributed by atoms with E-state index in [1.165, 1.54) is 0 Å². The summed E-state index contributed by atoms with van der Waals surface area (Å²) in [5.74, 6) is 0.0765. The number of thiophene rings is 1. The largest absolute Gasteiger partial charge is 0.377 e. The maximum atomic E-state index is 12.7. The zero-order valence-electron chi connectivity index (χ0n) is 12.3. The summed E-state index contributed by atoms with van der Waals surface area (Å²) < 4.78 is 6.87. The van der Waals surface area contributed by atoms with Gasteiger partial charge in [-0.15, -0.1) is 11.3 Å². The van der Waals surface area contributed by atoms with Crippen molar-refractivity contribution in [2.75, 3.05) is 6.61 Å². The number of halogens is 1. The third-order valence-electron chi connectivity index (χ3n) is 5.16. The molecule has 0 bridgehead atoms. The van der Waals surface area contributed by atoms with Gasteiger partial charge < -0.3 is 15.8 Å². The van der Waals surface area contributed by atoms with Crippen LogP contribution in [0.4, 0.5) is 0 Å². The average molecular weight is 373 g/mol. The van der Waals surface area contributed by atoms with Crippen LogP contribution in [0.25, 0.3) is 0 Å². The van der Waals surface area contributed by atoms with E-state index in [1.54, 1.807) is 11.3 Å². The minimum Gasteiger partial charge on any atom is -0.377 e. The second kappa shape index (κ2) is 5.33. The topological polar surface area (TPSA) is 64.3 Å². The van der Waals surface area contributed by atoms with Crippen LogP contribution in [0.5, 0.6) is 0 Å². The van der Waals surface area contributed by atoms with Gasteiger partial charge in [0.15, 0.2) is 0 Å². The molecular formula is C15H21BrN2O2S. The zero-order chi connectivity index (χ0) is 15.3. The fourth-order valence-corrected chi connectivity index (χ4v) is 5.23. The lowest BCUT2D eigenvalue weighted by molar-refractivity contribution is -0.225. The quantitative estimate of drug-likeness (QED) is 0.856. The Balaban J connectivity index is 1.72. The summed E-state index contributed by atoms with van der Waals surface area (Å²) in [4.78, 5) is 13.8. The number of ether oxygens (including phenoxy) is 1. The Morgan fingerprint density at radius 2 is 2.38 bits per heavy atom. The van der Waals surface area contributed by atoms with Crippen LogP contribution in [0, 0.1) is 11.3 Å². The molecule has 1 aromatic heterocycles. The number of carbonyl (C=O) groups is 1. The van der Waals surface area contributed by atoms with Gasteiger partial charge in [-0.1, -0.05) is 13.8 Å². The first kappa shape index (κ1) is 15.5. The van der Waals surface area contributed by atoms with Gasteiger partial charge in [-0.05, 0) is 40.2 Å². The van der Waals surface area contributed by atoms with Gasteiger partial charge in [-0.2, -0.15) is 0 Å². The van der Waals surface area contributed by atoms with E-state index in [-0.39, 0.29) is 23.3 Å². The van der Waals surface area contributed by atoms with E-state index in [4.69, 9.17) is 10.5 Å². The standard InChI is InChI=1S/C15H21BrN2O2S/c1-14(2)12-9(4-3-6-20-12)15(14,17)13(19)18-8-11-10(16)5-7-21-11/h5,7,9,12H,3-4,6,8,17H2,1-2H3,(H,18,19). The molecule has 6 heteroatoms. The lowest BCUT2D eigenvalue weighted by Crippen LogP contribution is -2.82. The van der Waals surface area contributed by atoms with Gasteiger partial charge in [0.25, 0.3) is 0 Å². The summed E-state index contributed by atoms with van der Waals surface area (Å²) in [5, 5.41) is 5.02. The highest BCUT2D eigenvalue weighted by Gasteiger charge is 2.70. The average Bonchev–Trinajstić information content (AvgIpc) is 2.89. The molecule has 2 heterocycles. The van der Waals surface area contributed by atoms with Crippen molar-refractivity contribution < 1.29 is 9.53 Å². The summed E-state index contributed by atoms with van der Waals surface area (Å²) in [5.41, 5.74) is 5.40. The molecule has 3 unspecified atom stereocenters. The molecule has 0 aromatic carbocycles. The molecule has 0 radical (unpaired) electrons. The van der Waals surface area contributed by atoms with Crippen molar-refractivity contribution in [3.8, 4) is 0 Å². The van der Waals surface area contributed by atoms with Crippen molar-refractivity contribution >= 4 is 33.2 Å². The predicted octanol–water partition coefficient (Wildman–Crippen LogP) is 2.66. The molecule has 116 valence electrons. The fraction of sp³-hybridized carbons (Fsp3) is 0.667. The lowest BCUT2D eigenvalue weighted by Gasteiger charge is -2.65. The molecule has 1 saturated heterocycles. The van der Waals surface area contributed by atoms with Crippen LogP contribution in [0.2, 0.25) is 0 Å². The number of fused-ring (bicyclic) bond motifs is 1. The minimum atomic E-state index is -0.832. The summed E-state index contributed by atoms with van der Waals surface area (Å²) in [6.07, 6.45) is 2.07. The van der Waals surface area contributed by atoms with Crippen LogP contribution >= 0.6 is 27.3 Å². The molecule has 2 aliphatic rings. The monoisotopic (exact) mass is 372 g/mol. The molecule has 4 nitrogen and oxygen atoms in total. The Morgan fingerprint density at radius 3 is 3.05 bits per heavy atom. The summed E-state index contributed by atoms with van der Waals surface area (Å²) in [7, 11) is 0. The molecule has 1 amide bonds. The van der Waals surface area contributed by atoms with Crippen molar-refractivity contribution in [3.05, 3.63) is 20.8 Å². The van der Waals surface area contributed by atoms with Gasteiger partial charge in [0, 0.05) is 27.3 Å². The third-order valence-corrected chi connectivity index (χ3v) is 7.09. The molecule has 1 saturated carbocycles. The predicted molar refractivity (Wildman–Crippen MR) is 87.0 cm³/mol. The van der Waals surface area contributed by atoms with Crippen LogP contribution in [0.3, 0.4) is 0 Å². The maximum absolute atomic E-state index is 12.7. The van der Waals surface area contributed by atoms with Gasteiger partial charge in [0.2, 0.25) is 5.91 Å². The Morgan fingerprint density at radius 1 is 1.62 bits per heavy atom. The van der Waals surface area contributed by atoms with E-state index >= 15 is 0 Å².